The summed E-state index contributed by atoms with van der Waals surface area (Å²) < 4.78 is 32.4. The summed E-state index contributed by atoms with van der Waals surface area (Å²) in [6.07, 6.45) is 0. The van der Waals surface area contributed by atoms with Crippen molar-refractivity contribution < 1.29 is 22.8 Å². The monoisotopic (exact) mass is 401 g/mol. The zero-order valence-corrected chi connectivity index (χ0v) is 16.1. The van der Waals surface area contributed by atoms with Gasteiger partial charge in [-0.1, -0.05) is 49.3 Å². The molecule has 2 N–H and O–H groups in total. The molecule has 9 heteroatoms. The first-order valence-electron chi connectivity index (χ1n) is 8.52. The third-order valence-corrected chi connectivity index (χ3v) is 5.54. The number of hydrogen-bond acceptors (Lipinski definition) is 6. The molecule has 0 saturated carbocycles. The van der Waals surface area contributed by atoms with E-state index in [9.17, 15) is 18.3 Å². The van der Waals surface area contributed by atoms with Crippen LogP contribution in [0.2, 0.25) is 0 Å². The van der Waals surface area contributed by atoms with Gasteiger partial charge in [-0.3, -0.25) is 4.79 Å². The number of nitrogens with one attached hydrogen (secondary N) is 1. The predicted molar refractivity (Wildman–Crippen MR) is 102 cm³/mol. The van der Waals surface area contributed by atoms with E-state index in [2.05, 4.69) is 14.9 Å². The van der Waals surface area contributed by atoms with Gasteiger partial charge in [0.25, 0.3) is 5.89 Å². The molecule has 0 saturated heterocycles. The quantitative estimate of drug-likeness (QED) is 0.624. The molecule has 3 aromatic rings. The van der Waals surface area contributed by atoms with Gasteiger partial charge in [-0.2, -0.15) is 9.71 Å². The largest absolute Gasteiger partial charge is 0.480 e. The van der Waals surface area contributed by atoms with E-state index in [0.29, 0.717) is 11.4 Å². The van der Waals surface area contributed by atoms with E-state index in [1.54, 1.807) is 13.8 Å². The number of sulfonamides is 1. The molecule has 0 bridgehead atoms. The highest BCUT2D eigenvalue weighted by atomic mass is 32.2. The molecule has 3 rings (SSSR count). The summed E-state index contributed by atoms with van der Waals surface area (Å²) in [6, 6.07) is 13.9. The smallest absolute Gasteiger partial charge is 0.322 e. The van der Waals surface area contributed by atoms with E-state index in [-0.39, 0.29) is 10.8 Å². The van der Waals surface area contributed by atoms with Crippen LogP contribution in [0.15, 0.2) is 64.0 Å². The molecule has 1 atom stereocenters. The summed E-state index contributed by atoms with van der Waals surface area (Å²) >= 11 is 0. The van der Waals surface area contributed by atoms with Crippen molar-refractivity contribution in [1.29, 1.82) is 0 Å². The maximum atomic E-state index is 12.5. The summed E-state index contributed by atoms with van der Waals surface area (Å²) in [7, 11) is -3.98. The fourth-order valence-electron chi connectivity index (χ4n) is 2.53. The van der Waals surface area contributed by atoms with Crippen LogP contribution in [-0.2, 0) is 14.8 Å². The van der Waals surface area contributed by atoms with Gasteiger partial charge in [0.05, 0.1) is 4.90 Å². The van der Waals surface area contributed by atoms with E-state index in [4.69, 9.17) is 4.52 Å². The zero-order chi connectivity index (χ0) is 20.3. The molecular formula is C19H19N3O5S. The normalized spacial score (nSPS) is 12.8. The minimum Gasteiger partial charge on any atom is -0.480 e. The third kappa shape index (κ3) is 4.26. The lowest BCUT2D eigenvalue weighted by Crippen LogP contribution is -2.44. The van der Waals surface area contributed by atoms with Crippen molar-refractivity contribution in [3.63, 3.8) is 0 Å². The topological polar surface area (TPSA) is 122 Å². The number of aliphatic carboxylic acids is 1. The molecule has 0 spiro atoms. The van der Waals surface area contributed by atoms with Crippen LogP contribution in [0.1, 0.15) is 13.8 Å². The predicted octanol–water partition coefficient (Wildman–Crippen LogP) is 2.79. The standard InChI is InChI=1S/C19H19N3O5S/c1-12(2)16(19(23)24)22-28(25,26)15-10-8-14(9-11-15)18-20-17(21-27-18)13-6-4-3-5-7-13/h3-12,16,22H,1-2H3,(H,23,24). The Hall–Kier alpha value is -3.04. The number of benzene rings is 2. The van der Waals surface area contributed by atoms with Crippen LogP contribution in [0.25, 0.3) is 22.8 Å². The van der Waals surface area contributed by atoms with Gasteiger partial charge in [-0.25, -0.2) is 8.42 Å². The molecule has 2 aromatic carbocycles. The minimum absolute atomic E-state index is 0.0500. The molecule has 28 heavy (non-hydrogen) atoms. The Labute approximate surface area is 162 Å². The average Bonchev–Trinajstić information content (AvgIpc) is 3.17. The summed E-state index contributed by atoms with van der Waals surface area (Å²) in [5.74, 6) is -0.951. The van der Waals surface area contributed by atoms with Gasteiger partial charge in [-0.05, 0) is 30.2 Å². The lowest BCUT2D eigenvalue weighted by Gasteiger charge is -2.17. The number of carbonyl (C=O) groups is 1. The van der Waals surface area contributed by atoms with Gasteiger partial charge < -0.3 is 9.63 Å². The summed E-state index contributed by atoms with van der Waals surface area (Å²) in [6.45, 7) is 3.26. The highest BCUT2D eigenvalue weighted by molar-refractivity contribution is 7.89. The van der Waals surface area contributed by atoms with Gasteiger partial charge in [0.2, 0.25) is 15.8 Å². The van der Waals surface area contributed by atoms with Crippen molar-refractivity contribution in [2.75, 3.05) is 0 Å². The van der Waals surface area contributed by atoms with Crippen LogP contribution in [0.3, 0.4) is 0 Å². The molecule has 0 aliphatic heterocycles. The van der Waals surface area contributed by atoms with Crippen molar-refractivity contribution in [1.82, 2.24) is 14.9 Å². The number of aromatic nitrogens is 2. The van der Waals surface area contributed by atoms with Crippen LogP contribution in [0.5, 0.6) is 0 Å². The van der Waals surface area contributed by atoms with Gasteiger partial charge in [0.15, 0.2) is 0 Å². The third-order valence-electron chi connectivity index (χ3n) is 4.08. The van der Waals surface area contributed by atoms with Crippen LogP contribution >= 0.6 is 0 Å². The van der Waals surface area contributed by atoms with Gasteiger partial charge in [0.1, 0.15) is 6.04 Å². The number of hydrogen-bond donors (Lipinski definition) is 2. The Morgan fingerprint density at radius 2 is 1.68 bits per heavy atom. The maximum Gasteiger partial charge on any atom is 0.322 e. The molecule has 8 nitrogen and oxygen atoms in total. The molecule has 0 radical (unpaired) electrons. The van der Waals surface area contributed by atoms with E-state index < -0.39 is 28.0 Å². The van der Waals surface area contributed by atoms with Crippen LogP contribution in [0.4, 0.5) is 0 Å². The van der Waals surface area contributed by atoms with E-state index in [1.165, 1.54) is 24.3 Å². The average molecular weight is 401 g/mol. The van der Waals surface area contributed by atoms with Crippen LogP contribution < -0.4 is 4.72 Å². The lowest BCUT2D eigenvalue weighted by atomic mass is 10.1. The first-order valence-corrected chi connectivity index (χ1v) is 10.0. The highest BCUT2D eigenvalue weighted by Crippen LogP contribution is 2.23. The SMILES string of the molecule is CC(C)C(NS(=O)(=O)c1ccc(-c2nc(-c3ccccc3)no2)cc1)C(=O)O. The Kier molecular flexibility index (Phi) is 5.57. The summed E-state index contributed by atoms with van der Waals surface area (Å²) in [5, 5.41) is 13.1. The van der Waals surface area contributed by atoms with Gasteiger partial charge in [0, 0.05) is 11.1 Å². The summed E-state index contributed by atoms with van der Waals surface area (Å²) in [5.41, 5.74) is 1.35. The number of rotatable bonds is 7. The maximum absolute atomic E-state index is 12.5. The molecule has 0 aliphatic carbocycles. The lowest BCUT2D eigenvalue weighted by molar-refractivity contribution is -0.140. The molecule has 146 valence electrons. The Balaban J connectivity index is 1.82. The molecule has 0 aliphatic rings. The first-order chi connectivity index (χ1) is 13.3. The second-order valence-corrected chi connectivity index (χ2v) is 8.21. The molecule has 1 unspecified atom stereocenters. The Morgan fingerprint density at radius 3 is 2.25 bits per heavy atom. The number of nitrogens with zero attached hydrogens (tertiary/aromatic N) is 2. The zero-order valence-electron chi connectivity index (χ0n) is 15.2. The second kappa shape index (κ2) is 7.91. The van der Waals surface area contributed by atoms with E-state index in [0.717, 1.165) is 5.56 Å². The first kappa shape index (κ1) is 19.7. The van der Waals surface area contributed by atoms with E-state index >= 15 is 0 Å². The highest BCUT2D eigenvalue weighted by Gasteiger charge is 2.28. The van der Waals surface area contributed by atoms with Crippen LogP contribution in [-0.4, -0.2) is 35.7 Å². The van der Waals surface area contributed by atoms with Crippen molar-refractivity contribution in [3.8, 4) is 22.8 Å². The Morgan fingerprint density at radius 1 is 1.04 bits per heavy atom. The van der Waals surface area contributed by atoms with Crippen molar-refractivity contribution in [2.45, 2.75) is 24.8 Å². The van der Waals surface area contributed by atoms with Crippen LogP contribution in [0, 0.1) is 5.92 Å². The van der Waals surface area contributed by atoms with Crippen molar-refractivity contribution in [2.24, 2.45) is 5.92 Å². The molecule has 1 heterocycles. The minimum atomic E-state index is -3.98. The fraction of sp³-hybridized carbons (Fsp3) is 0.211. The summed E-state index contributed by atoms with van der Waals surface area (Å²) in [4.78, 5) is 15.5. The van der Waals surface area contributed by atoms with Gasteiger partial charge in [-0.15, -0.1) is 0 Å². The van der Waals surface area contributed by atoms with Crippen molar-refractivity contribution in [3.05, 3.63) is 54.6 Å². The molecule has 0 fully saturated rings. The second-order valence-electron chi connectivity index (χ2n) is 6.49. The number of carboxylic acids is 1. The fourth-order valence-corrected chi connectivity index (χ4v) is 3.87. The van der Waals surface area contributed by atoms with Crippen molar-refractivity contribution >= 4 is 16.0 Å². The molecule has 0 amide bonds. The molecular weight excluding hydrogens is 382 g/mol. The molecule has 1 aromatic heterocycles. The number of carboxylic acid groups (broad SMARTS) is 1. The Bertz CT molecular complexity index is 1060. The van der Waals surface area contributed by atoms with E-state index in [1.807, 2.05) is 30.3 Å². The van der Waals surface area contributed by atoms with Gasteiger partial charge >= 0.3 is 5.97 Å².